The van der Waals surface area contributed by atoms with Crippen molar-refractivity contribution in [2.24, 2.45) is 5.73 Å². The van der Waals surface area contributed by atoms with Crippen molar-refractivity contribution >= 4 is 23.4 Å². The normalized spacial score (nSPS) is 17.0. The van der Waals surface area contributed by atoms with Crippen LogP contribution in [0.5, 0.6) is 0 Å². The molecule has 1 heterocycles. The first-order valence-electron chi connectivity index (χ1n) is 8.00. The Labute approximate surface area is 146 Å². The number of carbonyl (C=O) groups is 2. The molecular formula is C19H19ClN2O2. The van der Waals surface area contributed by atoms with E-state index in [4.69, 9.17) is 17.3 Å². The molecule has 124 valence electrons. The Bertz CT molecular complexity index is 758. The average molecular weight is 343 g/mol. The average Bonchev–Trinajstić information content (AvgIpc) is 3.04. The fraction of sp³-hybridized carbons (Fsp3) is 0.263. The predicted molar refractivity (Wildman–Crippen MR) is 94.2 cm³/mol. The lowest BCUT2D eigenvalue weighted by molar-refractivity contribution is 0.0736. The summed E-state index contributed by atoms with van der Waals surface area (Å²) in [5.41, 5.74) is 7.28. The Morgan fingerprint density at radius 2 is 1.75 bits per heavy atom. The first-order chi connectivity index (χ1) is 11.6. The molecule has 1 aliphatic rings. The summed E-state index contributed by atoms with van der Waals surface area (Å²) in [6, 6.07) is 14.4. The minimum absolute atomic E-state index is 0.0134. The van der Waals surface area contributed by atoms with Crippen molar-refractivity contribution < 1.29 is 9.59 Å². The van der Waals surface area contributed by atoms with Crippen LogP contribution in [0.1, 0.15) is 39.1 Å². The van der Waals surface area contributed by atoms with Gasteiger partial charge in [-0.2, -0.15) is 0 Å². The van der Waals surface area contributed by atoms with Gasteiger partial charge in [0, 0.05) is 28.7 Å². The highest BCUT2D eigenvalue weighted by Crippen LogP contribution is 2.26. The molecule has 2 aromatic rings. The van der Waals surface area contributed by atoms with Crippen molar-refractivity contribution in [3.05, 3.63) is 70.2 Å². The smallest absolute Gasteiger partial charge is 0.254 e. The zero-order chi connectivity index (χ0) is 17.1. The van der Waals surface area contributed by atoms with E-state index in [1.165, 1.54) is 0 Å². The second-order valence-corrected chi connectivity index (χ2v) is 6.44. The highest BCUT2D eigenvalue weighted by atomic mass is 35.5. The Morgan fingerprint density at radius 1 is 1.08 bits per heavy atom. The van der Waals surface area contributed by atoms with Gasteiger partial charge in [0.1, 0.15) is 0 Å². The van der Waals surface area contributed by atoms with Crippen LogP contribution in [-0.4, -0.2) is 29.3 Å². The highest BCUT2D eigenvalue weighted by molar-refractivity contribution is 6.31. The molecule has 0 saturated carbocycles. The molecule has 0 bridgehead atoms. The van der Waals surface area contributed by atoms with Crippen LogP contribution in [0.3, 0.4) is 0 Å². The maximum Gasteiger partial charge on any atom is 0.254 e. The number of hydrogen-bond acceptors (Lipinski definition) is 2. The molecule has 0 spiro atoms. The van der Waals surface area contributed by atoms with E-state index in [1.54, 1.807) is 24.3 Å². The van der Waals surface area contributed by atoms with Gasteiger partial charge in [-0.1, -0.05) is 29.8 Å². The molecule has 0 aromatic heterocycles. The van der Waals surface area contributed by atoms with E-state index in [2.05, 4.69) is 0 Å². The number of nitrogens with two attached hydrogens (primary N) is 1. The number of amides is 2. The molecule has 24 heavy (non-hydrogen) atoms. The van der Waals surface area contributed by atoms with Crippen molar-refractivity contribution in [1.82, 2.24) is 4.90 Å². The van der Waals surface area contributed by atoms with Crippen LogP contribution in [-0.2, 0) is 6.42 Å². The second-order valence-electron chi connectivity index (χ2n) is 6.03. The van der Waals surface area contributed by atoms with Gasteiger partial charge in [-0.25, -0.2) is 0 Å². The molecule has 5 heteroatoms. The largest absolute Gasteiger partial charge is 0.366 e. The minimum atomic E-state index is -0.494. The van der Waals surface area contributed by atoms with Crippen LogP contribution in [0.25, 0.3) is 0 Å². The van der Waals surface area contributed by atoms with E-state index in [0.717, 1.165) is 36.4 Å². The first kappa shape index (κ1) is 16.5. The lowest BCUT2D eigenvalue weighted by Crippen LogP contribution is -2.36. The number of likely N-dealkylation sites (tertiary alicyclic amines) is 1. The third-order valence-electron chi connectivity index (χ3n) is 4.47. The van der Waals surface area contributed by atoms with Gasteiger partial charge in [-0.05, 0) is 55.2 Å². The van der Waals surface area contributed by atoms with Crippen LogP contribution in [0.4, 0.5) is 0 Å². The van der Waals surface area contributed by atoms with Gasteiger partial charge >= 0.3 is 0 Å². The highest BCUT2D eigenvalue weighted by Gasteiger charge is 2.29. The second kappa shape index (κ2) is 7.05. The van der Waals surface area contributed by atoms with E-state index in [0.29, 0.717) is 11.1 Å². The van der Waals surface area contributed by atoms with Crippen LogP contribution < -0.4 is 5.73 Å². The van der Waals surface area contributed by atoms with E-state index in [-0.39, 0.29) is 11.9 Å². The first-order valence-corrected chi connectivity index (χ1v) is 8.38. The zero-order valence-electron chi connectivity index (χ0n) is 13.2. The van der Waals surface area contributed by atoms with E-state index < -0.39 is 5.91 Å². The zero-order valence-corrected chi connectivity index (χ0v) is 14.0. The Hall–Kier alpha value is -2.33. The standard InChI is InChI=1S/C19H19ClN2O2/c20-17-6-2-1-4-15(17)12-16-5-3-11-22(16)19(24)14-9-7-13(8-10-14)18(21)23/h1-2,4,6-10,16H,3,5,11-12H2,(H2,21,23). The lowest BCUT2D eigenvalue weighted by atomic mass is 10.0. The lowest BCUT2D eigenvalue weighted by Gasteiger charge is -2.25. The molecule has 3 rings (SSSR count). The molecule has 2 aromatic carbocycles. The molecule has 1 saturated heterocycles. The van der Waals surface area contributed by atoms with Crippen LogP contribution in [0.2, 0.25) is 5.02 Å². The molecule has 1 aliphatic heterocycles. The van der Waals surface area contributed by atoms with Crippen LogP contribution in [0.15, 0.2) is 48.5 Å². The third kappa shape index (κ3) is 3.44. The minimum Gasteiger partial charge on any atom is -0.366 e. The summed E-state index contributed by atoms with van der Waals surface area (Å²) >= 11 is 6.25. The SMILES string of the molecule is NC(=O)c1ccc(C(=O)N2CCCC2Cc2ccccc2Cl)cc1. The summed E-state index contributed by atoms with van der Waals surface area (Å²) in [5.74, 6) is -0.507. The van der Waals surface area contributed by atoms with Crippen molar-refractivity contribution in [2.75, 3.05) is 6.54 Å². The summed E-state index contributed by atoms with van der Waals surface area (Å²) in [7, 11) is 0. The summed E-state index contributed by atoms with van der Waals surface area (Å²) in [4.78, 5) is 25.8. The summed E-state index contributed by atoms with van der Waals surface area (Å²) in [5, 5.41) is 0.739. The van der Waals surface area contributed by atoms with E-state index in [9.17, 15) is 9.59 Å². The number of nitrogens with zero attached hydrogens (tertiary/aromatic N) is 1. The maximum atomic E-state index is 12.8. The molecule has 1 atom stereocenters. The van der Waals surface area contributed by atoms with Crippen molar-refractivity contribution in [2.45, 2.75) is 25.3 Å². The summed E-state index contributed by atoms with van der Waals surface area (Å²) in [6.07, 6.45) is 2.71. The molecule has 2 amide bonds. The monoisotopic (exact) mass is 342 g/mol. The number of hydrogen-bond donors (Lipinski definition) is 1. The number of carbonyl (C=O) groups excluding carboxylic acids is 2. The summed E-state index contributed by atoms with van der Waals surface area (Å²) < 4.78 is 0. The van der Waals surface area contributed by atoms with E-state index >= 15 is 0 Å². The van der Waals surface area contributed by atoms with Crippen LogP contribution in [0, 0.1) is 0 Å². The van der Waals surface area contributed by atoms with Gasteiger partial charge in [0.25, 0.3) is 5.91 Å². The van der Waals surface area contributed by atoms with Gasteiger partial charge in [0.05, 0.1) is 0 Å². The Balaban J connectivity index is 1.76. The van der Waals surface area contributed by atoms with Gasteiger partial charge in [0.15, 0.2) is 0 Å². The van der Waals surface area contributed by atoms with Crippen molar-refractivity contribution in [3.8, 4) is 0 Å². The third-order valence-corrected chi connectivity index (χ3v) is 4.84. The predicted octanol–water partition coefficient (Wildman–Crippen LogP) is 3.29. The molecule has 1 fully saturated rings. The number of halogens is 1. The maximum absolute atomic E-state index is 12.8. The quantitative estimate of drug-likeness (QED) is 0.926. The Kier molecular flexibility index (Phi) is 4.86. The summed E-state index contributed by atoms with van der Waals surface area (Å²) in [6.45, 7) is 0.742. The fourth-order valence-electron chi connectivity index (χ4n) is 3.18. The molecule has 0 aliphatic carbocycles. The van der Waals surface area contributed by atoms with E-state index in [1.807, 2.05) is 29.2 Å². The molecule has 0 radical (unpaired) electrons. The number of benzene rings is 2. The Morgan fingerprint density at radius 3 is 2.42 bits per heavy atom. The van der Waals surface area contributed by atoms with Gasteiger partial charge in [-0.3, -0.25) is 9.59 Å². The molecule has 1 unspecified atom stereocenters. The number of rotatable bonds is 4. The van der Waals surface area contributed by atoms with Gasteiger partial charge in [-0.15, -0.1) is 0 Å². The van der Waals surface area contributed by atoms with Gasteiger partial charge < -0.3 is 10.6 Å². The topological polar surface area (TPSA) is 63.4 Å². The van der Waals surface area contributed by atoms with Gasteiger partial charge in [0.2, 0.25) is 5.91 Å². The fourth-order valence-corrected chi connectivity index (χ4v) is 3.39. The molecule has 2 N–H and O–H groups in total. The van der Waals surface area contributed by atoms with Crippen molar-refractivity contribution in [1.29, 1.82) is 0 Å². The molecular weight excluding hydrogens is 324 g/mol. The van der Waals surface area contributed by atoms with Crippen molar-refractivity contribution in [3.63, 3.8) is 0 Å². The van der Waals surface area contributed by atoms with Crippen LogP contribution >= 0.6 is 11.6 Å². The number of primary amides is 1. The molecule has 4 nitrogen and oxygen atoms in total.